The van der Waals surface area contributed by atoms with Crippen LogP contribution in [0.15, 0.2) is 17.8 Å². The molecule has 1 aromatic rings. The molecule has 0 bridgehead atoms. The maximum absolute atomic E-state index is 12.3. The zero-order chi connectivity index (χ0) is 18.6. The zero-order valence-corrected chi connectivity index (χ0v) is 17.0. The van der Waals surface area contributed by atoms with Gasteiger partial charge in [0.15, 0.2) is 11.5 Å². The van der Waals surface area contributed by atoms with Gasteiger partial charge in [-0.2, -0.15) is 0 Å². The van der Waals surface area contributed by atoms with Gasteiger partial charge in [-0.15, -0.1) is 0 Å². The number of nitrogens with zero attached hydrogens (tertiary/aromatic N) is 1. The van der Waals surface area contributed by atoms with Crippen LogP contribution in [0.3, 0.4) is 0 Å². The summed E-state index contributed by atoms with van der Waals surface area (Å²) in [5, 5.41) is 2.62. The van der Waals surface area contributed by atoms with Crippen LogP contribution in [0.1, 0.15) is 39.2 Å². The minimum Gasteiger partial charge on any atom is -0.493 e. The van der Waals surface area contributed by atoms with Gasteiger partial charge < -0.3 is 14.8 Å². The summed E-state index contributed by atoms with van der Waals surface area (Å²) in [6, 6.07) is 3.32. The SMILES string of the molecule is CCCN1C(=O)N/C(=C/c2cc(I)c(O[C@H](C)CC)c(OC)c2)C1=O. The molecule has 136 valence electrons. The summed E-state index contributed by atoms with van der Waals surface area (Å²) in [6.45, 7) is 6.38. The fourth-order valence-corrected chi connectivity index (χ4v) is 3.14. The highest BCUT2D eigenvalue weighted by Gasteiger charge is 2.32. The third kappa shape index (κ3) is 4.45. The van der Waals surface area contributed by atoms with E-state index in [4.69, 9.17) is 9.47 Å². The largest absolute Gasteiger partial charge is 0.493 e. The molecular weight excluding hydrogens is 435 g/mol. The second kappa shape index (κ2) is 8.55. The molecule has 1 saturated heterocycles. The zero-order valence-electron chi connectivity index (χ0n) is 14.9. The monoisotopic (exact) mass is 458 g/mol. The van der Waals surface area contributed by atoms with Crippen molar-refractivity contribution in [2.75, 3.05) is 13.7 Å². The highest BCUT2D eigenvalue weighted by molar-refractivity contribution is 14.1. The molecule has 25 heavy (non-hydrogen) atoms. The Morgan fingerprint density at radius 3 is 2.64 bits per heavy atom. The topological polar surface area (TPSA) is 67.9 Å². The van der Waals surface area contributed by atoms with Crippen LogP contribution < -0.4 is 14.8 Å². The Labute approximate surface area is 161 Å². The minimum absolute atomic E-state index is 0.0740. The number of carbonyl (C=O) groups is 2. The van der Waals surface area contributed by atoms with E-state index in [0.29, 0.717) is 18.0 Å². The molecule has 0 aromatic heterocycles. The number of imide groups is 1. The van der Waals surface area contributed by atoms with E-state index in [1.807, 2.05) is 19.9 Å². The maximum atomic E-state index is 12.3. The Morgan fingerprint density at radius 1 is 1.32 bits per heavy atom. The van der Waals surface area contributed by atoms with E-state index in [0.717, 1.165) is 22.0 Å². The molecule has 1 aliphatic heterocycles. The highest BCUT2D eigenvalue weighted by atomic mass is 127. The van der Waals surface area contributed by atoms with E-state index in [1.165, 1.54) is 4.90 Å². The molecule has 1 aliphatic rings. The van der Waals surface area contributed by atoms with E-state index < -0.39 is 0 Å². The van der Waals surface area contributed by atoms with Crippen molar-refractivity contribution in [3.05, 3.63) is 27.0 Å². The minimum atomic E-state index is -0.378. The Bertz CT molecular complexity index is 703. The van der Waals surface area contributed by atoms with Gasteiger partial charge in [0, 0.05) is 6.54 Å². The predicted octanol–water partition coefficient (Wildman–Crippen LogP) is 3.78. The van der Waals surface area contributed by atoms with Gasteiger partial charge in [-0.25, -0.2) is 4.79 Å². The van der Waals surface area contributed by atoms with Gasteiger partial charge in [0.25, 0.3) is 5.91 Å². The Balaban J connectivity index is 2.33. The molecule has 1 N–H and O–H groups in total. The first-order chi connectivity index (χ1) is 11.9. The van der Waals surface area contributed by atoms with Crippen LogP contribution >= 0.6 is 22.6 Å². The average molecular weight is 458 g/mol. The Hall–Kier alpha value is -1.77. The Morgan fingerprint density at radius 2 is 2.04 bits per heavy atom. The van der Waals surface area contributed by atoms with Crippen molar-refractivity contribution in [3.8, 4) is 11.5 Å². The molecular formula is C18H23IN2O4. The number of benzene rings is 1. The molecule has 2 rings (SSSR count). The molecule has 0 aliphatic carbocycles. The number of ether oxygens (including phenoxy) is 2. The number of carbonyl (C=O) groups excluding carboxylic acids is 2. The number of amides is 3. The van der Waals surface area contributed by atoms with Gasteiger partial charge in [-0.1, -0.05) is 13.8 Å². The van der Waals surface area contributed by atoms with E-state index in [1.54, 1.807) is 19.3 Å². The van der Waals surface area contributed by atoms with Gasteiger partial charge in [0.2, 0.25) is 0 Å². The molecule has 1 fully saturated rings. The van der Waals surface area contributed by atoms with Crippen molar-refractivity contribution in [2.45, 2.75) is 39.7 Å². The second-order valence-electron chi connectivity index (χ2n) is 5.82. The van der Waals surface area contributed by atoms with Crippen LogP contribution in [-0.2, 0) is 4.79 Å². The summed E-state index contributed by atoms with van der Waals surface area (Å²) in [5.74, 6) is 0.982. The first-order valence-corrected chi connectivity index (χ1v) is 9.37. The lowest BCUT2D eigenvalue weighted by molar-refractivity contribution is -0.122. The van der Waals surface area contributed by atoms with Crippen LogP contribution in [0.25, 0.3) is 6.08 Å². The highest BCUT2D eigenvalue weighted by Crippen LogP contribution is 2.35. The van der Waals surface area contributed by atoms with Crippen LogP contribution in [0, 0.1) is 3.57 Å². The predicted molar refractivity (Wildman–Crippen MR) is 105 cm³/mol. The molecule has 1 atom stereocenters. The lowest BCUT2D eigenvalue weighted by Gasteiger charge is -2.17. The third-order valence-electron chi connectivity index (χ3n) is 3.87. The normalized spacial score (nSPS) is 17.0. The van der Waals surface area contributed by atoms with Gasteiger partial charge in [-0.3, -0.25) is 9.69 Å². The second-order valence-corrected chi connectivity index (χ2v) is 6.98. The quantitative estimate of drug-likeness (QED) is 0.384. The first kappa shape index (κ1) is 19.6. The van der Waals surface area contributed by atoms with Gasteiger partial charge in [0.1, 0.15) is 5.70 Å². The molecule has 0 unspecified atom stereocenters. The average Bonchev–Trinajstić information content (AvgIpc) is 2.84. The van der Waals surface area contributed by atoms with Crippen molar-refractivity contribution < 1.29 is 19.1 Å². The van der Waals surface area contributed by atoms with Gasteiger partial charge >= 0.3 is 6.03 Å². The number of urea groups is 1. The maximum Gasteiger partial charge on any atom is 0.329 e. The fourth-order valence-electron chi connectivity index (χ4n) is 2.39. The van der Waals surface area contributed by atoms with Crippen molar-refractivity contribution in [3.63, 3.8) is 0 Å². The number of halogens is 1. The van der Waals surface area contributed by atoms with Crippen LogP contribution in [0.4, 0.5) is 4.79 Å². The summed E-state index contributed by atoms with van der Waals surface area (Å²) in [6.07, 6.45) is 3.34. The number of rotatable bonds is 7. The molecule has 0 radical (unpaired) electrons. The standard InChI is InChI=1S/C18H23IN2O4/c1-5-7-21-17(22)14(20-18(21)23)9-12-8-13(19)16(15(10-12)24-4)25-11(3)6-2/h8-11H,5-7H2,1-4H3,(H,20,23)/b14-9+/t11-/m1/s1. The van der Waals surface area contributed by atoms with Gasteiger partial charge in [0.05, 0.1) is 16.8 Å². The molecule has 7 heteroatoms. The van der Waals surface area contributed by atoms with E-state index in [9.17, 15) is 9.59 Å². The molecule has 0 spiro atoms. The lowest BCUT2D eigenvalue weighted by atomic mass is 10.1. The smallest absolute Gasteiger partial charge is 0.329 e. The summed E-state index contributed by atoms with van der Waals surface area (Å²) in [4.78, 5) is 25.4. The van der Waals surface area contributed by atoms with Crippen LogP contribution in [-0.4, -0.2) is 36.6 Å². The number of hydrogen-bond donors (Lipinski definition) is 1. The summed E-state index contributed by atoms with van der Waals surface area (Å²) in [5.41, 5.74) is 1.03. The van der Waals surface area contributed by atoms with Crippen molar-refractivity contribution in [2.24, 2.45) is 0 Å². The first-order valence-electron chi connectivity index (χ1n) is 8.29. The fraction of sp³-hybridized carbons (Fsp3) is 0.444. The Kier molecular flexibility index (Phi) is 6.69. The lowest BCUT2D eigenvalue weighted by Crippen LogP contribution is -2.31. The molecule has 6 nitrogen and oxygen atoms in total. The third-order valence-corrected chi connectivity index (χ3v) is 4.67. The number of hydrogen-bond acceptors (Lipinski definition) is 4. The summed E-state index contributed by atoms with van der Waals surface area (Å²) < 4.78 is 12.3. The van der Waals surface area contributed by atoms with Crippen LogP contribution in [0.5, 0.6) is 11.5 Å². The van der Waals surface area contributed by atoms with Crippen molar-refractivity contribution in [1.29, 1.82) is 0 Å². The molecule has 3 amide bonds. The van der Waals surface area contributed by atoms with Crippen molar-refractivity contribution >= 4 is 40.6 Å². The number of nitrogens with one attached hydrogen (secondary N) is 1. The number of methoxy groups -OCH3 is 1. The van der Waals surface area contributed by atoms with Crippen molar-refractivity contribution in [1.82, 2.24) is 10.2 Å². The van der Waals surface area contributed by atoms with E-state index >= 15 is 0 Å². The van der Waals surface area contributed by atoms with E-state index in [-0.39, 0.29) is 23.7 Å². The molecule has 1 heterocycles. The summed E-state index contributed by atoms with van der Waals surface area (Å²) >= 11 is 2.18. The van der Waals surface area contributed by atoms with E-state index in [2.05, 4.69) is 34.8 Å². The molecule has 0 saturated carbocycles. The van der Waals surface area contributed by atoms with Gasteiger partial charge in [-0.05, 0) is 66.1 Å². The van der Waals surface area contributed by atoms with Crippen LogP contribution in [0.2, 0.25) is 0 Å². The molecule has 1 aromatic carbocycles. The summed E-state index contributed by atoms with van der Waals surface area (Å²) in [7, 11) is 1.58.